The first kappa shape index (κ1) is 20.1. The van der Waals surface area contributed by atoms with Gasteiger partial charge in [-0.1, -0.05) is 0 Å². The molecule has 1 aromatic heterocycles. The van der Waals surface area contributed by atoms with E-state index in [1.807, 2.05) is 0 Å². The predicted molar refractivity (Wildman–Crippen MR) is 104 cm³/mol. The van der Waals surface area contributed by atoms with Crippen molar-refractivity contribution in [1.82, 2.24) is 20.3 Å². The summed E-state index contributed by atoms with van der Waals surface area (Å²) in [5, 5.41) is 0. The van der Waals surface area contributed by atoms with Crippen molar-refractivity contribution in [2.24, 2.45) is 13.0 Å². The Bertz CT molecular complexity index is 889. The van der Waals surface area contributed by atoms with E-state index < -0.39 is 11.7 Å². The van der Waals surface area contributed by atoms with Crippen LogP contribution in [0.1, 0.15) is 33.7 Å². The van der Waals surface area contributed by atoms with Crippen LogP contribution in [0.25, 0.3) is 0 Å². The average Bonchev–Trinajstić information content (AvgIpc) is 3.04. The van der Waals surface area contributed by atoms with Crippen LogP contribution in [-0.4, -0.2) is 40.3 Å². The lowest BCUT2D eigenvalue weighted by Gasteiger charge is -2.31. The third-order valence-corrected chi connectivity index (χ3v) is 5.18. The van der Waals surface area contributed by atoms with Crippen LogP contribution in [0, 0.1) is 11.7 Å². The van der Waals surface area contributed by atoms with Gasteiger partial charge in [0.05, 0.1) is 0 Å². The molecule has 2 heterocycles. The number of aromatic nitrogens is 1. The van der Waals surface area contributed by atoms with Crippen LogP contribution in [0.5, 0.6) is 0 Å². The number of piperidine rings is 1. The van der Waals surface area contributed by atoms with Gasteiger partial charge in [0.25, 0.3) is 11.8 Å². The van der Waals surface area contributed by atoms with E-state index in [-0.39, 0.29) is 17.7 Å². The Kier molecular flexibility index (Phi) is 6.13. The topological polar surface area (TPSA) is 83.4 Å². The summed E-state index contributed by atoms with van der Waals surface area (Å²) in [5.74, 6) is -1.56. The van der Waals surface area contributed by atoms with Crippen LogP contribution in [0.15, 0.2) is 41.0 Å². The van der Waals surface area contributed by atoms with Crippen molar-refractivity contribution in [3.8, 4) is 0 Å². The minimum atomic E-state index is -0.412. The average molecular weight is 451 g/mol. The molecule has 0 aliphatic carbocycles. The zero-order valence-corrected chi connectivity index (χ0v) is 16.8. The first-order valence-corrected chi connectivity index (χ1v) is 9.61. The number of hydrogen-bond donors (Lipinski definition) is 2. The van der Waals surface area contributed by atoms with Gasteiger partial charge in [-0.3, -0.25) is 25.2 Å². The Morgan fingerprint density at radius 1 is 1.11 bits per heavy atom. The van der Waals surface area contributed by atoms with Crippen molar-refractivity contribution >= 4 is 33.7 Å². The van der Waals surface area contributed by atoms with Gasteiger partial charge < -0.3 is 9.47 Å². The standard InChI is InChI=1S/C19H20BrFN4O3/c1-24-11-14(20)10-16(24)18(27)23-22-17(26)12-6-8-25(9-7-12)19(28)13-2-4-15(21)5-3-13/h2-5,10-12H,6-9H2,1H3,(H,22,26)(H,23,27). The molecule has 0 atom stereocenters. The summed E-state index contributed by atoms with van der Waals surface area (Å²) in [4.78, 5) is 38.5. The number of amides is 3. The van der Waals surface area contributed by atoms with Crippen LogP contribution in [-0.2, 0) is 11.8 Å². The molecule has 0 spiro atoms. The number of likely N-dealkylation sites (tertiary alicyclic amines) is 1. The summed E-state index contributed by atoms with van der Waals surface area (Å²) >= 11 is 3.29. The summed E-state index contributed by atoms with van der Waals surface area (Å²) in [6.45, 7) is 0.847. The minimum Gasteiger partial charge on any atom is -0.345 e. The molecule has 9 heteroatoms. The highest BCUT2D eigenvalue weighted by Gasteiger charge is 2.28. The van der Waals surface area contributed by atoms with Gasteiger partial charge in [0.2, 0.25) is 5.91 Å². The number of hydrazine groups is 1. The number of carbonyl (C=O) groups excluding carboxylic acids is 3. The van der Waals surface area contributed by atoms with Crippen molar-refractivity contribution in [3.63, 3.8) is 0 Å². The van der Waals surface area contributed by atoms with E-state index in [2.05, 4.69) is 26.8 Å². The molecule has 0 radical (unpaired) electrons. The van der Waals surface area contributed by atoms with E-state index in [1.165, 1.54) is 24.3 Å². The second kappa shape index (κ2) is 8.55. The summed E-state index contributed by atoms with van der Waals surface area (Å²) in [6, 6.07) is 7.06. The predicted octanol–water partition coefficient (Wildman–Crippen LogP) is 2.24. The first-order chi connectivity index (χ1) is 13.3. The van der Waals surface area contributed by atoms with Gasteiger partial charge >= 0.3 is 0 Å². The smallest absolute Gasteiger partial charge is 0.286 e. The minimum absolute atomic E-state index is 0.179. The molecule has 3 amide bonds. The number of hydrogen-bond acceptors (Lipinski definition) is 3. The van der Waals surface area contributed by atoms with Gasteiger partial charge in [0.15, 0.2) is 0 Å². The lowest BCUT2D eigenvalue weighted by atomic mass is 9.95. The first-order valence-electron chi connectivity index (χ1n) is 8.82. The Hall–Kier alpha value is -2.68. The Morgan fingerprint density at radius 3 is 2.32 bits per heavy atom. The van der Waals surface area contributed by atoms with Crippen molar-refractivity contribution < 1.29 is 18.8 Å². The number of halogens is 2. The zero-order valence-electron chi connectivity index (χ0n) is 15.2. The molecule has 1 saturated heterocycles. The second-order valence-corrected chi connectivity index (χ2v) is 7.59. The Balaban J connectivity index is 1.48. The number of carbonyl (C=O) groups is 3. The maximum absolute atomic E-state index is 13.0. The SMILES string of the molecule is Cn1cc(Br)cc1C(=O)NNC(=O)C1CCN(C(=O)c2ccc(F)cc2)CC1. The van der Waals surface area contributed by atoms with Crippen LogP contribution in [0.2, 0.25) is 0 Å². The fourth-order valence-electron chi connectivity index (χ4n) is 3.15. The summed E-state index contributed by atoms with van der Waals surface area (Å²) in [5.41, 5.74) is 5.71. The van der Waals surface area contributed by atoms with Crippen molar-refractivity contribution in [1.29, 1.82) is 0 Å². The second-order valence-electron chi connectivity index (χ2n) is 6.67. The maximum atomic E-state index is 13.0. The number of nitrogens with zero attached hydrogens (tertiary/aromatic N) is 2. The molecule has 1 aromatic carbocycles. The molecule has 0 unspecified atom stereocenters. The number of rotatable bonds is 3. The third-order valence-electron chi connectivity index (χ3n) is 4.75. The highest BCUT2D eigenvalue weighted by molar-refractivity contribution is 9.10. The van der Waals surface area contributed by atoms with Gasteiger partial charge in [0, 0.05) is 42.3 Å². The van der Waals surface area contributed by atoms with Gasteiger partial charge in [-0.25, -0.2) is 4.39 Å². The Morgan fingerprint density at radius 2 is 1.75 bits per heavy atom. The van der Waals surface area contributed by atoms with Crippen molar-refractivity contribution in [3.05, 3.63) is 58.1 Å². The molecule has 0 saturated carbocycles. The summed E-state index contributed by atoms with van der Waals surface area (Å²) < 4.78 is 15.4. The molecule has 1 aliphatic rings. The number of aryl methyl sites for hydroxylation is 1. The van der Waals surface area contributed by atoms with Gasteiger partial charge in [-0.05, 0) is 59.1 Å². The summed E-state index contributed by atoms with van der Waals surface area (Å²) in [6.07, 6.45) is 2.72. The number of nitrogens with one attached hydrogen (secondary N) is 2. The lowest BCUT2D eigenvalue weighted by Crippen LogP contribution is -2.48. The van der Waals surface area contributed by atoms with Crippen LogP contribution >= 0.6 is 15.9 Å². The van der Waals surface area contributed by atoms with Crippen LogP contribution in [0.3, 0.4) is 0 Å². The monoisotopic (exact) mass is 450 g/mol. The molecule has 148 valence electrons. The lowest BCUT2D eigenvalue weighted by molar-refractivity contribution is -0.127. The van der Waals surface area contributed by atoms with E-state index in [0.717, 1.165) is 4.47 Å². The van der Waals surface area contributed by atoms with Gasteiger partial charge in [-0.15, -0.1) is 0 Å². The Labute approximate surface area is 170 Å². The maximum Gasteiger partial charge on any atom is 0.286 e. The van der Waals surface area contributed by atoms with E-state index >= 15 is 0 Å². The molecule has 0 bridgehead atoms. The fraction of sp³-hybridized carbons (Fsp3) is 0.316. The van der Waals surface area contributed by atoms with Gasteiger partial charge in [0.1, 0.15) is 11.5 Å². The van der Waals surface area contributed by atoms with E-state index in [0.29, 0.717) is 37.2 Å². The van der Waals surface area contributed by atoms with E-state index in [1.54, 1.807) is 28.8 Å². The van der Waals surface area contributed by atoms with Crippen molar-refractivity contribution in [2.45, 2.75) is 12.8 Å². The highest BCUT2D eigenvalue weighted by atomic mass is 79.9. The van der Waals surface area contributed by atoms with E-state index in [9.17, 15) is 18.8 Å². The highest BCUT2D eigenvalue weighted by Crippen LogP contribution is 2.19. The molecule has 7 nitrogen and oxygen atoms in total. The largest absolute Gasteiger partial charge is 0.345 e. The van der Waals surface area contributed by atoms with Crippen LogP contribution < -0.4 is 10.9 Å². The molecule has 2 aromatic rings. The molecule has 28 heavy (non-hydrogen) atoms. The normalized spacial score (nSPS) is 14.6. The molecule has 1 aliphatic heterocycles. The quantitative estimate of drug-likeness (QED) is 0.703. The summed E-state index contributed by atoms with van der Waals surface area (Å²) in [7, 11) is 1.73. The van der Waals surface area contributed by atoms with Gasteiger partial charge in [-0.2, -0.15) is 0 Å². The third kappa shape index (κ3) is 4.59. The van der Waals surface area contributed by atoms with Crippen molar-refractivity contribution in [2.75, 3.05) is 13.1 Å². The molecular formula is C19H20BrFN4O3. The van der Waals surface area contributed by atoms with Crippen LogP contribution in [0.4, 0.5) is 4.39 Å². The zero-order chi connectivity index (χ0) is 20.3. The molecule has 2 N–H and O–H groups in total. The number of benzene rings is 1. The van der Waals surface area contributed by atoms with E-state index in [4.69, 9.17) is 0 Å². The molecule has 1 fully saturated rings. The fourth-order valence-corrected chi connectivity index (χ4v) is 3.68. The molecule has 3 rings (SSSR count). The molecular weight excluding hydrogens is 431 g/mol.